The van der Waals surface area contributed by atoms with E-state index in [1.165, 1.54) is 31.5 Å². The molecule has 2 heteroatoms. The van der Waals surface area contributed by atoms with Crippen molar-refractivity contribution in [3.63, 3.8) is 0 Å². The van der Waals surface area contributed by atoms with Crippen LogP contribution < -0.4 is 0 Å². The van der Waals surface area contributed by atoms with Gasteiger partial charge in [-0.25, -0.2) is 0 Å². The van der Waals surface area contributed by atoms with Crippen LogP contribution in [0, 0.1) is 0 Å². The average molecular weight is 221 g/mol. The lowest BCUT2D eigenvalue weighted by molar-refractivity contribution is 0.198. The maximum absolute atomic E-state index is 4.57. The van der Waals surface area contributed by atoms with Crippen LogP contribution in [-0.4, -0.2) is 25.0 Å². The molecule has 0 aromatic heterocycles. The Morgan fingerprint density at radius 2 is 1.80 bits per heavy atom. The largest absolute Gasteiger partial charge is 0.306 e. The quantitative estimate of drug-likeness (QED) is 0.714. The van der Waals surface area contributed by atoms with Crippen molar-refractivity contribution in [2.75, 3.05) is 20.1 Å². The molecule has 2 rings (SSSR count). The van der Waals surface area contributed by atoms with Crippen molar-refractivity contribution in [2.24, 2.45) is 0 Å². The summed E-state index contributed by atoms with van der Waals surface area (Å²) in [5.41, 5.74) is 1.74. The molecule has 15 heavy (non-hydrogen) atoms. The second kappa shape index (κ2) is 4.18. The summed E-state index contributed by atoms with van der Waals surface area (Å²) in [7, 11) is 2.20. The molecule has 1 aromatic rings. The minimum absolute atomic E-state index is 0.324. The van der Waals surface area contributed by atoms with Gasteiger partial charge in [-0.05, 0) is 50.0 Å². The molecule has 1 heterocycles. The molecule has 1 saturated heterocycles. The molecular formula is C13H19NS. The van der Waals surface area contributed by atoms with E-state index in [0.29, 0.717) is 5.41 Å². The van der Waals surface area contributed by atoms with Crippen LogP contribution in [-0.2, 0) is 5.41 Å². The fraction of sp³-hybridized carbons (Fsp3) is 0.538. The molecule has 0 N–H and O–H groups in total. The van der Waals surface area contributed by atoms with Gasteiger partial charge in [0.1, 0.15) is 0 Å². The van der Waals surface area contributed by atoms with E-state index in [-0.39, 0.29) is 0 Å². The molecule has 0 amide bonds. The lowest BCUT2D eigenvalue weighted by Gasteiger charge is -2.39. The molecule has 0 aliphatic carbocycles. The number of benzene rings is 1. The SMILES string of the molecule is CN1CCC(C)(c2ccccc2S)CC1. The summed E-state index contributed by atoms with van der Waals surface area (Å²) in [4.78, 5) is 3.55. The molecule has 1 aliphatic rings. The standard InChI is InChI=1S/C13H19NS/c1-13(7-9-14(2)10-8-13)11-5-3-4-6-12(11)15/h3-6,15H,7-10H2,1-2H3. The van der Waals surface area contributed by atoms with Crippen LogP contribution in [0.4, 0.5) is 0 Å². The molecule has 1 nitrogen and oxygen atoms in total. The van der Waals surface area contributed by atoms with Gasteiger partial charge in [-0.15, -0.1) is 12.6 Å². The minimum Gasteiger partial charge on any atom is -0.306 e. The second-order valence-electron chi connectivity index (χ2n) is 4.88. The van der Waals surface area contributed by atoms with E-state index < -0.39 is 0 Å². The van der Waals surface area contributed by atoms with Crippen molar-refractivity contribution in [3.05, 3.63) is 29.8 Å². The van der Waals surface area contributed by atoms with Crippen LogP contribution in [0.5, 0.6) is 0 Å². The summed E-state index contributed by atoms with van der Waals surface area (Å²) in [5.74, 6) is 0. The van der Waals surface area contributed by atoms with Gasteiger partial charge in [-0.1, -0.05) is 25.1 Å². The van der Waals surface area contributed by atoms with Crippen molar-refractivity contribution in [2.45, 2.75) is 30.1 Å². The maximum atomic E-state index is 4.57. The van der Waals surface area contributed by atoms with E-state index in [0.717, 1.165) is 4.90 Å². The van der Waals surface area contributed by atoms with Crippen LogP contribution >= 0.6 is 12.6 Å². The van der Waals surface area contributed by atoms with Crippen molar-refractivity contribution < 1.29 is 0 Å². The number of hydrogen-bond acceptors (Lipinski definition) is 2. The highest BCUT2D eigenvalue weighted by atomic mass is 32.1. The maximum Gasteiger partial charge on any atom is 0.00776 e. The molecule has 1 aromatic carbocycles. The van der Waals surface area contributed by atoms with E-state index >= 15 is 0 Å². The fourth-order valence-corrected chi connectivity index (χ4v) is 2.80. The summed E-state index contributed by atoms with van der Waals surface area (Å²) in [6, 6.07) is 8.51. The monoisotopic (exact) mass is 221 g/mol. The molecule has 0 unspecified atom stereocenters. The van der Waals surface area contributed by atoms with Crippen LogP contribution in [0.25, 0.3) is 0 Å². The number of nitrogens with zero attached hydrogens (tertiary/aromatic N) is 1. The third kappa shape index (κ3) is 2.21. The molecule has 1 aliphatic heterocycles. The van der Waals surface area contributed by atoms with Crippen LogP contribution in [0.15, 0.2) is 29.2 Å². The third-order valence-electron chi connectivity index (χ3n) is 3.64. The number of piperidine rings is 1. The number of hydrogen-bond donors (Lipinski definition) is 1. The zero-order valence-electron chi connectivity index (χ0n) is 9.53. The molecule has 0 atom stereocenters. The Labute approximate surface area is 97.9 Å². The van der Waals surface area contributed by atoms with E-state index in [4.69, 9.17) is 0 Å². The highest BCUT2D eigenvalue weighted by molar-refractivity contribution is 7.80. The molecule has 82 valence electrons. The predicted octanol–water partition coefficient (Wildman–Crippen LogP) is 2.96. The summed E-state index contributed by atoms with van der Waals surface area (Å²) < 4.78 is 0. The zero-order valence-corrected chi connectivity index (χ0v) is 10.4. The normalized spacial score (nSPS) is 21.5. The average Bonchev–Trinajstić information content (AvgIpc) is 2.23. The van der Waals surface area contributed by atoms with E-state index in [1.54, 1.807) is 0 Å². The first-order valence-corrected chi connectivity index (χ1v) is 6.03. The summed E-state index contributed by atoms with van der Waals surface area (Å²) in [6.07, 6.45) is 2.47. The summed E-state index contributed by atoms with van der Waals surface area (Å²) in [6.45, 7) is 4.76. The van der Waals surface area contributed by atoms with Gasteiger partial charge in [0.25, 0.3) is 0 Å². The minimum atomic E-state index is 0.324. The van der Waals surface area contributed by atoms with Gasteiger partial charge >= 0.3 is 0 Å². The van der Waals surface area contributed by atoms with Gasteiger partial charge < -0.3 is 4.90 Å². The van der Waals surface area contributed by atoms with Gasteiger partial charge in [-0.3, -0.25) is 0 Å². The first-order chi connectivity index (χ1) is 7.12. The lowest BCUT2D eigenvalue weighted by atomic mass is 9.74. The molecule has 0 saturated carbocycles. The number of thiol groups is 1. The first kappa shape index (κ1) is 11.0. The molecular weight excluding hydrogens is 202 g/mol. The summed E-state index contributed by atoms with van der Waals surface area (Å²) >= 11 is 4.57. The van der Waals surface area contributed by atoms with Crippen molar-refractivity contribution >= 4 is 12.6 Å². The Morgan fingerprint density at radius 1 is 1.20 bits per heavy atom. The number of likely N-dealkylation sites (tertiary alicyclic amines) is 1. The van der Waals surface area contributed by atoms with Crippen LogP contribution in [0.2, 0.25) is 0 Å². The van der Waals surface area contributed by atoms with Gasteiger partial charge in [-0.2, -0.15) is 0 Å². The lowest BCUT2D eigenvalue weighted by Crippen LogP contribution is -2.39. The van der Waals surface area contributed by atoms with E-state index in [9.17, 15) is 0 Å². The third-order valence-corrected chi connectivity index (χ3v) is 4.03. The molecule has 0 spiro atoms. The topological polar surface area (TPSA) is 3.24 Å². The Bertz CT molecular complexity index is 340. The molecule has 0 radical (unpaired) electrons. The smallest absolute Gasteiger partial charge is 0.00776 e. The fourth-order valence-electron chi connectivity index (χ4n) is 2.37. The van der Waals surface area contributed by atoms with Gasteiger partial charge in [0.05, 0.1) is 0 Å². The molecule has 0 bridgehead atoms. The molecule has 1 fully saturated rings. The van der Waals surface area contributed by atoms with E-state index in [2.05, 4.69) is 55.8 Å². The Kier molecular flexibility index (Phi) is 3.08. The van der Waals surface area contributed by atoms with Crippen LogP contribution in [0.1, 0.15) is 25.3 Å². The number of rotatable bonds is 1. The van der Waals surface area contributed by atoms with Gasteiger partial charge in [0.2, 0.25) is 0 Å². The highest BCUT2D eigenvalue weighted by Gasteiger charge is 2.31. The van der Waals surface area contributed by atoms with Crippen molar-refractivity contribution in [1.29, 1.82) is 0 Å². The Hall–Kier alpha value is -0.470. The van der Waals surface area contributed by atoms with Crippen molar-refractivity contribution in [3.8, 4) is 0 Å². The van der Waals surface area contributed by atoms with E-state index in [1.807, 2.05) is 0 Å². The first-order valence-electron chi connectivity index (χ1n) is 5.59. The Balaban J connectivity index is 2.26. The van der Waals surface area contributed by atoms with Crippen LogP contribution in [0.3, 0.4) is 0 Å². The van der Waals surface area contributed by atoms with Gasteiger partial charge in [0.15, 0.2) is 0 Å². The highest BCUT2D eigenvalue weighted by Crippen LogP contribution is 2.37. The predicted molar refractivity (Wildman–Crippen MR) is 67.8 cm³/mol. The Morgan fingerprint density at radius 3 is 2.40 bits per heavy atom. The summed E-state index contributed by atoms with van der Waals surface area (Å²) in [5, 5.41) is 0. The van der Waals surface area contributed by atoms with Gasteiger partial charge in [0, 0.05) is 4.90 Å². The van der Waals surface area contributed by atoms with Crippen molar-refractivity contribution in [1.82, 2.24) is 4.90 Å². The zero-order chi connectivity index (χ0) is 10.9. The second-order valence-corrected chi connectivity index (χ2v) is 5.36.